The van der Waals surface area contributed by atoms with Gasteiger partial charge in [-0.15, -0.1) is 24.0 Å². The number of rotatable bonds is 9. The number of furan rings is 1. The molecule has 1 amide bonds. The minimum atomic E-state index is -0.00322. The molecule has 0 radical (unpaired) electrons. The summed E-state index contributed by atoms with van der Waals surface area (Å²) in [7, 11) is 3.50. The molecule has 2 rings (SSSR count). The number of halogens is 1. The second-order valence-corrected chi connectivity index (χ2v) is 7.32. The number of carbonyl (C=O) groups is 1. The number of hydrogen-bond acceptors (Lipinski definition) is 4. The van der Waals surface area contributed by atoms with E-state index in [9.17, 15) is 4.79 Å². The zero-order valence-corrected chi connectivity index (χ0v) is 19.8. The molecule has 0 aliphatic carbocycles. The molecule has 8 heteroatoms. The standard InChI is InChI=1S/C20H35N5O2.HI/c1-4-5-12-25-13-9-17(10-14-25)23-20(22-16-19(26)24(2)3)21-11-8-18-7-6-15-27-18;/h6-7,15,17H,4-5,8-14,16H2,1-3H3,(H2,21,22,23);1H. The van der Waals surface area contributed by atoms with Crippen molar-refractivity contribution < 1.29 is 9.21 Å². The zero-order chi connectivity index (χ0) is 19.5. The number of guanidine groups is 1. The maximum Gasteiger partial charge on any atom is 0.243 e. The number of likely N-dealkylation sites (tertiary alicyclic amines) is 1. The fourth-order valence-corrected chi connectivity index (χ4v) is 3.08. The molecule has 0 unspecified atom stereocenters. The summed E-state index contributed by atoms with van der Waals surface area (Å²) in [5.74, 6) is 1.65. The normalized spacial score (nSPS) is 15.8. The van der Waals surface area contributed by atoms with Crippen LogP contribution in [0.4, 0.5) is 0 Å². The van der Waals surface area contributed by atoms with Gasteiger partial charge >= 0.3 is 0 Å². The Bertz CT molecular complexity index is 569. The first-order valence-electron chi connectivity index (χ1n) is 10.1. The molecule has 7 nitrogen and oxygen atoms in total. The van der Waals surface area contributed by atoms with Crippen molar-refractivity contribution in [3.63, 3.8) is 0 Å². The maximum absolute atomic E-state index is 11.9. The highest BCUT2D eigenvalue weighted by molar-refractivity contribution is 14.0. The lowest BCUT2D eigenvalue weighted by Gasteiger charge is -2.33. The van der Waals surface area contributed by atoms with Crippen molar-refractivity contribution in [3.05, 3.63) is 24.2 Å². The van der Waals surface area contributed by atoms with Crippen molar-refractivity contribution in [3.8, 4) is 0 Å². The lowest BCUT2D eigenvalue weighted by molar-refractivity contribution is -0.127. The van der Waals surface area contributed by atoms with Gasteiger partial charge in [-0.25, -0.2) is 4.99 Å². The van der Waals surface area contributed by atoms with Crippen molar-refractivity contribution in [1.29, 1.82) is 0 Å². The molecule has 0 spiro atoms. The molecule has 1 aromatic heterocycles. The van der Waals surface area contributed by atoms with Crippen LogP contribution < -0.4 is 10.6 Å². The van der Waals surface area contributed by atoms with Crippen LogP contribution in [0, 0.1) is 0 Å². The lowest BCUT2D eigenvalue weighted by Crippen LogP contribution is -2.49. The van der Waals surface area contributed by atoms with Crippen molar-refractivity contribution in [2.45, 2.75) is 45.1 Å². The average Bonchev–Trinajstić information content (AvgIpc) is 3.18. The van der Waals surface area contributed by atoms with E-state index in [1.54, 1.807) is 25.3 Å². The van der Waals surface area contributed by atoms with Crippen LogP contribution in [0.5, 0.6) is 0 Å². The molecule has 1 aliphatic heterocycles. The summed E-state index contributed by atoms with van der Waals surface area (Å²) >= 11 is 0. The zero-order valence-electron chi connectivity index (χ0n) is 17.4. The maximum atomic E-state index is 11.9. The number of aliphatic imine (C=N–C) groups is 1. The van der Waals surface area contributed by atoms with Crippen molar-refractivity contribution in [1.82, 2.24) is 20.4 Å². The van der Waals surface area contributed by atoms with E-state index >= 15 is 0 Å². The van der Waals surface area contributed by atoms with Crippen LogP contribution in [0.3, 0.4) is 0 Å². The Balaban J connectivity index is 0.00000392. The minimum absolute atomic E-state index is 0. The first kappa shape index (κ1) is 24.7. The van der Waals surface area contributed by atoms with Crippen LogP contribution in [0.15, 0.2) is 27.8 Å². The summed E-state index contributed by atoms with van der Waals surface area (Å²) in [5, 5.41) is 6.86. The first-order valence-corrected chi connectivity index (χ1v) is 10.1. The van der Waals surface area contributed by atoms with Gasteiger partial charge in [-0.05, 0) is 37.9 Å². The van der Waals surface area contributed by atoms with Gasteiger partial charge in [-0.1, -0.05) is 13.3 Å². The van der Waals surface area contributed by atoms with Crippen molar-refractivity contribution >= 4 is 35.8 Å². The number of nitrogens with zero attached hydrogens (tertiary/aromatic N) is 3. The van der Waals surface area contributed by atoms with E-state index in [1.165, 1.54) is 19.4 Å². The molecule has 0 aromatic carbocycles. The Kier molecular flexibility index (Phi) is 12.2. The van der Waals surface area contributed by atoms with Crippen LogP contribution in [0.2, 0.25) is 0 Å². The van der Waals surface area contributed by atoms with Gasteiger partial charge in [0.2, 0.25) is 5.91 Å². The van der Waals surface area contributed by atoms with E-state index in [2.05, 4.69) is 27.4 Å². The predicted octanol–water partition coefficient (Wildman–Crippen LogP) is 2.33. The number of hydrogen-bond donors (Lipinski definition) is 2. The number of likely N-dealkylation sites (N-methyl/N-ethyl adjacent to an activating group) is 1. The second-order valence-electron chi connectivity index (χ2n) is 7.32. The molecular weight excluding hydrogens is 469 g/mol. The highest BCUT2D eigenvalue weighted by Gasteiger charge is 2.19. The summed E-state index contributed by atoms with van der Waals surface area (Å²) in [6.45, 7) is 6.54. The lowest BCUT2D eigenvalue weighted by atomic mass is 10.0. The molecule has 28 heavy (non-hydrogen) atoms. The topological polar surface area (TPSA) is 73.1 Å². The molecule has 0 bridgehead atoms. The number of carbonyl (C=O) groups excluding carboxylic acids is 1. The predicted molar refractivity (Wildman–Crippen MR) is 124 cm³/mol. The van der Waals surface area contributed by atoms with E-state index in [4.69, 9.17) is 4.42 Å². The van der Waals surface area contributed by atoms with E-state index in [0.29, 0.717) is 18.5 Å². The summed E-state index contributed by atoms with van der Waals surface area (Å²) in [4.78, 5) is 20.5. The fraction of sp³-hybridized carbons (Fsp3) is 0.700. The number of nitrogens with one attached hydrogen (secondary N) is 2. The van der Waals surface area contributed by atoms with Crippen LogP contribution in [0.1, 0.15) is 38.4 Å². The average molecular weight is 505 g/mol. The smallest absolute Gasteiger partial charge is 0.243 e. The van der Waals surface area contributed by atoms with E-state index < -0.39 is 0 Å². The Morgan fingerprint density at radius 1 is 1.36 bits per heavy atom. The first-order chi connectivity index (χ1) is 13.1. The third-order valence-electron chi connectivity index (χ3n) is 4.87. The summed E-state index contributed by atoms with van der Waals surface area (Å²) in [5.41, 5.74) is 0. The Labute approximate surface area is 186 Å². The molecule has 1 aromatic rings. The van der Waals surface area contributed by atoms with Gasteiger partial charge in [0, 0.05) is 46.2 Å². The molecule has 160 valence electrons. The largest absolute Gasteiger partial charge is 0.469 e. The van der Waals surface area contributed by atoms with Gasteiger partial charge in [0.1, 0.15) is 12.3 Å². The molecule has 0 saturated carbocycles. The van der Waals surface area contributed by atoms with Crippen LogP contribution >= 0.6 is 24.0 Å². The third-order valence-corrected chi connectivity index (χ3v) is 4.87. The molecule has 1 aliphatic rings. The number of amides is 1. The van der Waals surface area contributed by atoms with Crippen molar-refractivity contribution in [2.75, 3.05) is 46.8 Å². The van der Waals surface area contributed by atoms with Gasteiger partial charge in [0.05, 0.1) is 6.26 Å². The van der Waals surface area contributed by atoms with Gasteiger partial charge in [0.15, 0.2) is 5.96 Å². The van der Waals surface area contributed by atoms with E-state index in [0.717, 1.165) is 38.1 Å². The Morgan fingerprint density at radius 3 is 2.71 bits per heavy atom. The SMILES string of the molecule is CCCCN1CCC(NC(=NCC(=O)N(C)C)NCCc2ccco2)CC1.I. The Hall–Kier alpha value is -1.29. The van der Waals surface area contributed by atoms with Gasteiger partial charge < -0.3 is 24.9 Å². The van der Waals surface area contributed by atoms with Crippen LogP contribution in [-0.2, 0) is 11.2 Å². The second kappa shape index (κ2) is 13.8. The monoisotopic (exact) mass is 505 g/mol. The number of unbranched alkanes of at least 4 members (excludes halogenated alkanes) is 1. The molecule has 2 heterocycles. The Morgan fingerprint density at radius 2 is 2.11 bits per heavy atom. The summed E-state index contributed by atoms with van der Waals surface area (Å²) in [6, 6.07) is 4.25. The quantitative estimate of drug-likeness (QED) is 0.306. The van der Waals surface area contributed by atoms with Gasteiger partial charge in [-0.3, -0.25) is 4.79 Å². The molecule has 1 fully saturated rings. The molecule has 0 atom stereocenters. The van der Waals surface area contributed by atoms with Crippen LogP contribution in [-0.4, -0.2) is 74.5 Å². The summed E-state index contributed by atoms with van der Waals surface area (Å²) in [6.07, 6.45) is 7.18. The summed E-state index contributed by atoms with van der Waals surface area (Å²) < 4.78 is 5.37. The van der Waals surface area contributed by atoms with Gasteiger partial charge in [-0.2, -0.15) is 0 Å². The highest BCUT2D eigenvalue weighted by Crippen LogP contribution is 2.11. The highest BCUT2D eigenvalue weighted by atomic mass is 127. The third kappa shape index (κ3) is 9.27. The van der Waals surface area contributed by atoms with Crippen molar-refractivity contribution in [2.24, 2.45) is 4.99 Å². The van der Waals surface area contributed by atoms with E-state index in [-0.39, 0.29) is 36.4 Å². The van der Waals surface area contributed by atoms with Gasteiger partial charge in [0.25, 0.3) is 0 Å². The van der Waals surface area contributed by atoms with E-state index in [1.807, 2.05) is 12.1 Å². The molecular formula is C20H36IN5O2. The number of piperidine rings is 1. The fourth-order valence-electron chi connectivity index (χ4n) is 3.08. The molecule has 1 saturated heterocycles. The minimum Gasteiger partial charge on any atom is -0.469 e. The van der Waals surface area contributed by atoms with Crippen LogP contribution in [0.25, 0.3) is 0 Å². The molecule has 2 N–H and O–H groups in total.